The Morgan fingerprint density at radius 2 is 1.85 bits per heavy atom. The molecular weight excluding hydrogens is 480 g/mol. The van der Waals surface area contributed by atoms with Gasteiger partial charge in [0.05, 0.1) is 33.0 Å². The van der Waals surface area contributed by atoms with E-state index in [1.807, 2.05) is 45.0 Å². The Hall–Kier alpha value is -2.82. The van der Waals surface area contributed by atoms with Crippen molar-refractivity contribution in [1.82, 2.24) is 4.90 Å². The van der Waals surface area contributed by atoms with Gasteiger partial charge in [-0.25, -0.2) is 8.57 Å². The van der Waals surface area contributed by atoms with Gasteiger partial charge in [0.15, 0.2) is 5.75 Å². The molecule has 34 heavy (non-hydrogen) atoms. The average molecular weight is 509 g/mol. The molecular formula is C23H29ClN4O5S. The fourth-order valence-corrected chi connectivity index (χ4v) is 5.50. The summed E-state index contributed by atoms with van der Waals surface area (Å²) in [6, 6.07) is 6.22. The molecule has 0 amide bonds. The lowest BCUT2D eigenvalue weighted by atomic mass is 10.1. The van der Waals surface area contributed by atoms with Crippen molar-refractivity contribution in [2.45, 2.75) is 31.2 Å². The first kappa shape index (κ1) is 25.8. The van der Waals surface area contributed by atoms with E-state index < -0.39 is 20.6 Å². The van der Waals surface area contributed by atoms with Crippen LogP contribution in [0.5, 0.6) is 5.75 Å². The van der Waals surface area contributed by atoms with Gasteiger partial charge in [0, 0.05) is 12.8 Å². The molecule has 0 saturated heterocycles. The van der Waals surface area contributed by atoms with Crippen LogP contribution < -0.4 is 21.5 Å². The zero-order chi connectivity index (χ0) is 25.2. The molecule has 184 valence electrons. The summed E-state index contributed by atoms with van der Waals surface area (Å²) in [7, 11) is 0.711. The topological polar surface area (TPSA) is 124 Å². The van der Waals surface area contributed by atoms with Gasteiger partial charge < -0.3 is 25.1 Å². The van der Waals surface area contributed by atoms with Crippen LogP contribution in [-0.4, -0.2) is 47.7 Å². The maximum atomic E-state index is 13.2. The van der Waals surface area contributed by atoms with Crippen LogP contribution in [0.1, 0.15) is 30.9 Å². The summed E-state index contributed by atoms with van der Waals surface area (Å²) in [5.74, 6) is 0.985. The monoisotopic (exact) mass is 508 g/mol. The van der Waals surface area contributed by atoms with Crippen molar-refractivity contribution in [2.24, 2.45) is 4.36 Å². The molecule has 0 aliphatic heterocycles. The molecule has 0 fully saturated rings. The molecule has 0 radical (unpaired) electrons. The number of phenols is 1. The summed E-state index contributed by atoms with van der Waals surface area (Å²) >= 11 is 6.26. The molecule has 0 spiro atoms. The fourth-order valence-electron chi connectivity index (χ4n) is 3.46. The van der Waals surface area contributed by atoms with E-state index in [1.54, 1.807) is 0 Å². The minimum atomic E-state index is -3.03. The number of aromatic hydroxyl groups is 1. The number of benzene rings is 1. The molecule has 1 unspecified atom stereocenters. The van der Waals surface area contributed by atoms with Gasteiger partial charge in [0.1, 0.15) is 27.8 Å². The molecule has 2 aromatic carbocycles. The van der Waals surface area contributed by atoms with Gasteiger partial charge in [-0.15, -0.1) is 0 Å². The lowest BCUT2D eigenvalue weighted by Gasteiger charge is -2.21. The van der Waals surface area contributed by atoms with Gasteiger partial charge in [-0.05, 0) is 51.7 Å². The SMILES string of the molecule is CC[C@@H](Nc1c(Nc2ccc(Cl)c(S(C)(=O)=NCCN(C)C)c2O)c(=O)c1=O)c1ccc(C)o1. The highest BCUT2D eigenvalue weighted by Crippen LogP contribution is 2.39. The number of halogens is 1. The number of furan rings is 1. The normalized spacial score (nSPS) is 14.2. The van der Waals surface area contributed by atoms with Crippen LogP contribution in [0.15, 0.2) is 47.5 Å². The number of aryl methyl sites for hydroxylation is 1. The molecule has 3 aromatic rings. The van der Waals surface area contributed by atoms with Crippen LogP contribution in [0.2, 0.25) is 5.02 Å². The number of nitrogens with one attached hydrogen (secondary N) is 2. The van der Waals surface area contributed by atoms with Gasteiger partial charge in [0.25, 0.3) is 10.9 Å². The van der Waals surface area contributed by atoms with Crippen LogP contribution in [0.25, 0.3) is 0 Å². The van der Waals surface area contributed by atoms with Gasteiger partial charge >= 0.3 is 0 Å². The van der Waals surface area contributed by atoms with E-state index in [-0.39, 0.29) is 45.3 Å². The molecule has 11 heteroatoms. The molecule has 0 bridgehead atoms. The summed E-state index contributed by atoms with van der Waals surface area (Å²) in [5, 5.41) is 16.8. The van der Waals surface area contributed by atoms with E-state index >= 15 is 0 Å². The molecule has 2 atom stereocenters. The first-order valence-corrected chi connectivity index (χ1v) is 13.0. The first-order chi connectivity index (χ1) is 16.0. The summed E-state index contributed by atoms with van der Waals surface area (Å²) in [6.07, 6.45) is 2.00. The number of likely N-dealkylation sites (N-methyl/N-ethyl adjacent to an activating group) is 1. The Bertz CT molecular complexity index is 1380. The zero-order valence-electron chi connectivity index (χ0n) is 19.8. The zero-order valence-corrected chi connectivity index (χ0v) is 21.3. The van der Waals surface area contributed by atoms with E-state index in [9.17, 15) is 18.9 Å². The van der Waals surface area contributed by atoms with E-state index in [4.69, 9.17) is 16.0 Å². The largest absolute Gasteiger partial charge is 0.504 e. The molecule has 9 nitrogen and oxygen atoms in total. The fraction of sp³-hybridized carbons (Fsp3) is 0.391. The molecule has 3 N–H and O–H groups in total. The van der Waals surface area contributed by atoms with Crippen molar-refractivity contribution in [3.05, 3.63) is 61.3 Å². The smallest absolute Gasteiger partial charge is 0.253 e. The second-order valence-corrected chi connectivity index (χ2v) is 11.0. The molecule has 0 aliphatic rings. The summed E-state index contributed by atoms with van der Waals surface area (Å²) in [5.41, 5.74) is -1.21. The third-order valence-electron chi connectivity index (χ3n) is 5.35. The third kappa shape index (κ3) is 5.29. The van der Waals surface area contributed by atoms with Gasteiger partial charge in [-0.3, -0.25) is 9.59 Å². The second-order valence-electron chi connectivity index (χ2n) is 8.32. The highest BCUT2D eigenvalue weighted by atomic mass is 35.5. The summed E-state index contributed by atoms with van der Waals surface area (Å²) in [4.78, 5) is 26.5. The molecule has 3 rings (SSSR count). The van der Waals surface area contributed by atoms with Crippen LogP contribution >= 0.6 is 11.6 Å². The molecule has 1 aromatic heterocycles. The van der Waals surface area contributed by atoms with Crippen LogP contribution in [0, 0.1) is 6.92 Å². The van der Waals surface area contributed by atoms with Gasteiger partial charge in [-0.1, -0.05) is 18.5 Å². The second kappa shape index (κ2) is 10.2. The molecule has 0 saturated carbocycles. The maximum absolute atomic E-state index is 13.2. The van der Waals surface area contributed by atoms with Crippen LogP contribution in [0.3, 0.4) is 0 Å². The van der Waals surface area contributed by atoms with Crippen molar-refractivity contribution in [1.29, 1.82) is 0 Å². The quantitative estimate of drug-likeness (QED) is 0.278. The van der Waals surface area contributed by atoms with Crippen molar-refractivity contribution >= 4 is 38.4 Å². The predicted molar refractivity (Wildman–Crippen MR) is 136 cm³/mol. The van der Waals surface area contributed by atoms with E-state index in [1.165, 1.54) is 18.4 Å². The highest BCUT2D eigenvalue weighted by Gasteiger charge is 2.27. The predicted octanol–water partition coefficient (Wildman–Crippen LogP) is 3.87. The average Bonchev–Trinajstić information content (AvgIpc) is 3.19. The van der Waals surface area contributed by atoms with Crippen molar-refractivity contribution in [3.63, 3.8) is 0 Å². The standard InChI is InChI=1S/C23H29ClN4O5S/c1-6-15(17-10-7-13(2)33-17)26-18-19(22(31)21(18)30)27-16-9-8-14(24)23(20(16)29)34(5,32)25-11-12-28(3)4/h7-10,15,26-27,29H,6,11-12H2,1-5H3/t15-,34?/m1/s1. The van der Waals surface area contributed by atoms with Crippen molar-refractivity contribution in [3.8, 4) is 5.75 Å². The van der Waals surface area contributed by atoms with E-state index in [0.29, 0.717) is 18.7 Å². The number of hydrogen-bond acceptors (Lipinski definition) is 9. The Morgan fingerprint density at radius 1 is 1.18 bits per heavy atom. The van der Waals surface area contributed by atoms with Crippen LogP contribution in [-0.2, 0) is 9.73 Å². The number of hydrogen-bond donors (Lipinski definition) is 3. The summed E-state index contributed by atoms with van der Waals surface area (Å²) in [6.45, 7) is 4.60. The van der Waals surface area contributed by atoms with E-state index in [0.717, 1.165) is 5.76 Å². The number of anilines is 3. The Kier molecular flexibility index (Phi) is 7.74. The third-order valence-corrected chi connectivity index (χ3v) is 7.62. The maximum Gasteiger partial charge on any atom is 0.253 e. The van der Waals surface area contributed by atoms with Crippen molar-refractivity contribution < 1.29 is 13.7 Å². The lowest BCUT2D eigenvalue weighted by molar-refractivity contribution is 0.421. The van der Waals surface area contributed by atoms with Crippen LogP contribution in [0.4, 0.5) is 17.1 Å². The number of rotatable bonds is 10. The first-order valence-electron chi connectivity index (χ1n) is 10.7. The Labute approximate surface area is 203 Å². The Balaban J connectivity index is 1.94. The van der Waals surface area contributed by atoms with Gasteiger partial charge in [-0.2, -0.15) is 0 Å². The number of nitrogens with zero attached hydrogens (tertiary/aromatic N) is 2. The van der Waals surface area contributed by atoms with E-state index in [2.05, 4.69) is 15.0 Å². The Morgan fingerprint density at radius 3 is 2.44 bits per heavy atom. The summed E-state index contributed by atoms with van der Waals surface area (Å²) < 4.78 is 23.1. The number of phenolic OH excluding ortho intramolecular Hbond substituents is 1. The minimum absolute atomic E-state index is 0.00227. The minimum Gasteiger partial charge on any atom is -0.504 e. The molecule has 0 aliphatic carbocycles. The highest BCUT2D eigenvalue weighted by molar-refractivity contribution is 7.93. The van der Waals surface area contributed by atoms with Gasteiger partial charge in [0.2, 0.25) is 0 Å². The lowest BCUT2D eigenvalue weighted by Crippen LogP contribution is -2.37. The molecule has 1 heterocycles. The van der Waals surface area contributed by atoms with Crippen molar-refractivity contribution in [2.75, 3.05) is 44.1 Å².